The van der Waals surface area contributed by atoms with Crippen molar-refractivity contribution in [3.8, 4) is 0 Å². The largest absolute Gasteiger partial charge is 0.370 e. The Labute approximate surface area is 118 Å². The number of nitrogens with zero attached hydrogens (tertiary/aromatic N) is 1. The van der Waals surface area contributed by atoms with Crippen LogP contribution in [0.4, 0.5) is 0 Å². The van der Waals surface area contributed by atoms with Gasteiger partial charge in [0.1, 0.15) is 0 Å². The van der Waals surface area contributed by atoms with Gasteiger partial charge in [0.2, 0.25) is 0 Å². The van der Waals surface area contributed by atoms with Crippen LogP contribution in [0.25, 0.3) is 0 Å². The van der Waals surface area contributed by atoms with Crippen LogP contribution in [0.3, 0.4) is 0 Å². The fourth-order valence-corrected chi connectivity index (χ4v) is 4.09. The molecule has 2 N–H and O–H groups in total. The van der Waals surface area contributed by atoms with Crippen molar-refractivity contribution in [2.24, 2.45) is 11.7 Å². The molecule has 1 saturated heterocycles. The molecule has 1 aliphatic carbocycles. The minimum absolute atomic E-state index is 0.0319. The molecule has 3 heteroatoms. The van der Waals surface area contributed by atoms with E-state index in [9.17, 15) is 0 Å². The lowest BCUT2D eigenvalue weighted by molar-refractivity contribution is -0.141. The summed E-state index contributed by atoms with van der Waals surface area (Å²) in [6.07, 6.45) is 8.68. The third-order valence-electron chi connectivity index (χ3n) is 4.75. The zero-order chi connectivity index (χ0) is 13.9. The fourth-order valence-electron chi connectivity index (χ4n) is 4.09. The lowest BCUT2D eigenvalue weighted by Gasteiger charge is -2.47. The van der Waals surface area contributed by atoms with E-state index in [2.05, 4.69) is 25.7 Å². The Morgan fingerprint density at radius 2 is 1.84 bits per heavy atom. The van der Waals surface area contributed by atoms with Gasteiger partial charge in [0, 0.05) is 25.7 Å². The maximum Gasteiger partial charge on any atom is 0.0757 e. The molecule has 0 aromatic carbocycles. The Morgan fingerprint density at radius 1 is 1.21 bits per heavy atom. The van der Waals surface area contributed by atoms with Gasteiger partial charge in [-0.3, -0.25) is 4.90 Å². The summed E-state index contributed by atoms with van der Waals surface area (Å²) in [4.78, 5) is 2.62. The van der Waals surface area contributed by atoms with E-state index in [0.717, 1.165) is 25.6 Å². The highest BCUT2D eigenvalue weighted by atomic mass is 16.5. The number of hydrogen-bond donors (Lipinski definition) is 1. The smallest absolute Gasteiger partial charge is 0.0757 e. The molecule has 0 spiro atoms. The second-order valence-electron chi connectivity index (χ2n) is 7.17. The van der Waals surface area contributed by atoms with Gasteiger partial charge in [-0.1, -0.05) is 25.7 Å². The Bertz CT molecular complexity index is 272. The molecule has 2 fully saturated rings. The third kappa shape index (κ3) is 4.17. The molecule has 19 heavy (non-hydrogen) atoms. The van der Waals surface area contributed by atoms with E-state index in [4.69, 9.17) is 10.5 Å². The molecule has 1 aliphatic heterocycles. The summed E-state index contributed by atoms with van der Waals surface area (Å²) in [6.45, 7) is 9.46. The van der Waals surface area contributed by atoms with Crippen LogP contribution in [-0.2, 0) is 4.74 Å². The minimum atomic E-state index is -0.0319. The molecule has 3 nitrogen and oxygen atoms in total. The van der Waals surface area contributed by atoms with Crippen LogP contribution in [0.15, 0.2) is 0 Å². The quantitative estimate of drug-likeness (QED) is 0.800. The van der Waals surface area contributed by atoms with Gasteiger partial charge in [-0.2, -0.15) is 0 Å². The van der Waals surface area contributed by atoms with E-state index in [1.54, 1.807) is 0 Å². The average molecular weight is 268 g/mol. The van der Waals surface area contributed by atoms with Gasteiger partial charge in [0.25, 0.3) is 0 Å². The summed E-state index contributed by atoms with van der Waals surface area (Å²) in [5, 5.41) is 0. The van der Waals surface area contributed by atoms with E-state index >= 15 is 0 Å². The average Bonchev–Trinajstić information content (AvgIpc) is 2.56. The molecular weight excluding hydrogens is 236 g/mol. The molecule has 0 bridgehead atoms. The molecule has 1 heterocycles. The Balaban J connectivity index is 2.03. The van der Waals surface area contributed by atoms with Gasteiger partial charge in [0.05, 0.1) is 11.7 Å². The first-order valence-electron chi connectivity index (χ1n) is 8.14. The van der Waals surface area contributed by atoms with Gasteiger partial charge >= 0.3 is 0 Å². The highest BCUT2D eigenvalue weighted by molar-refractivity contribution is 4.90. The highest BCUT2D eigenvalue weighted by Crippen LogP contribution is 2.31. The van der Waals surface area contributed by atoms with Crippen molar-refractivity contribution >= 4 is 0 Å². The third-order valence-corrected chi connectivity index (χ3v) is 4.75. The van der Waals surface area contributed by atoms with Crippen molar-refractivity contribution in [2.75, 3.05) is 19.6 Å². The molecular formula is C16H32N2O. The lowest BCUT2D eigenvalue weighted by atomic mass is 9.89. The maximum absolute atomic E-state index is 6.14. The zero-order valence-electron chi connectivity index (χ0n) is 13.0. The molecule has 0 amide bonds. The van der Waals surface area contributed by atoms with Crippen LogP contribution in [-0.4, -0.2) is 42.3 Å². The molecule has 2 atom stereocenters. The molecule has 112 valence electrons. The van der Waals surface area contributed by atoms with Gasteiger partial charge in [-0.25, -0.2) is 0 Å². The predicted octanol–water partition coefficient (Wildman–Crippen LogP) is 2.78. The van der Waals surface area contributed by atoms with Gasteiger partial charge in [-0.15, -0.1) is 0 Å². The van der Waals surface area contributed by atoms with Crippen LogP contribution < -0.4 is 5.73 Å². The van der Waals surface area contributed by atoms with E-state index in [1.165, 1.54) is 38.5 Å². The number of ether oxygens (including phenoxy) is 1. The summed E-state index contributed by atoms with van der Waals surface area (Å²) >= 11 is 0. The number of hydrogen-bond acceptors (Lipinski definition) is 3. The molecule has 1 saturated carbocycles. The predicted molar refractivity (Wildman–Crippen MR) is 80.2 cm³/mol. The van der Waals surface area contributed by atoms with Gasteiger partial charge in [0.15, 0.2) is 0 Å². The monoisotopic (exact) mass is 268 g/mol. The molecule has 2 unspecified atom stereocenters. The van der Waals surface area contributed by atoms with E-state index in [1.807, 2.05) is 0 Å². The summed E-state index contributed by atoms with van der Waals surface area (Å²) in [5.74, 6) is 0.800. The summed E-state index contributed by atoms with van der Waals surface area (Å²) in [6, 6.07) is 0.559. The van der Waals surface area contributed by atoms with E-state index in [-0.39, 0.29) is 5.60 Å². The Kier molecular flexibility index (Phi) is 5.27. The Morgan fingerprint density at radius 3 is 2.37 bits per heavy atom. The first-order valence-corrected chi connectivity index (χ1v) is 8.14. The van der Waals surface area contributed by atoms with Crippen LogP contribution in [0, 0.1) is 5.92 Å². The SMILES string of the molecule is CC1CN(C(CN)C2CCCCCC2)CC(C)(C)O1. The highest BCUT2D eigenvalue weighted by Gasteiger charge is 2.36. The minimum Gasteiger partial charge on any atom is -0.370 e. The second kappa shape index (κ2) is 6.55. The number of nitrogens with two attached hydrogens (primary N) is 1. The van der Waals surface area contributed by atoms with Crippen molar-refractivity contribution in [2.45, 2.75) is 77.0 Å². The number of morpholine rings is 1. The van der Waals surface area contributed by atoms with Crippen molar-refractivity contribution in [3.05, 3.63) is 0 Å². The zero-order valence-corrected chi connectivity index (χ0v) is 13.0. The van der Waals surface area contributed by atoms with Crippen molar-refractivity contribution in [1.29, 1.82) is 0 Å². The van der Waals surface area contributed by atoms with Crippen molar-refractivity contribution in [3.63, 3.8) is 0 Å². The van der Waals surface area contributed by atoms with Crippen LogP contribution >= 0.6 is 0 Å². The summed E-state index contributed by atoms with van der Waals surface area (Å²) in [5.41, 5.74) is 6.11. The van der Waals surface area contributed by atoms with Crippen molar-refractivity contribution < 1.29 is 4.74 Å². The van der Waals surface area contributed by atoms with E-state index in [0.29, 0.717) is 12.1 Å². The molecule has 2 aliphatic rings. The van der Waals surface area contributed by atoms with Crippen LogP contribution in [0.1, 0.15) is 59.3 Å². The van der Waals surface area contributed by atoms with Gasteiger partial charge in [-0.05, 0) is 39.5 Å². The molecule has 2 rings (SSSR count). The first-order chi connectivity index (χ1) is 9.02. The van der Waals surface area contributed by atoms with E-state index < -0.39 is 0 Å². The molecule has 0 aromatic heterocycles. The summed E-state index contributed by atoms with van der Waals surface area (Å²) in [7, 11) is 0. The van der Waals surface area contributed by atoms with Gasteiger partial charge < -0.3 is 10.5 Å². The van der Waals surface area contributed by atoms with Crippen LogP contribution in [0.5, 0.6) is 0 Å². The number of rotatable bonds is 3. The Hall–Kier alpha value is -0.120. The second-order valence-corrected chi connectivity index (χ2v) is 7.17. The summed E-state index contributed by atoms with van der Waals surface area (Å²) < 4.78 is 6.03. The van der Waals surface area contributed by atoms with Crippen LogP contribution in [0.2, 0.25) is 0 Å². The molecule has 0 aromatic rings. The lowest BCUT2D eigenvalue weighted by Crippen LogP contribution is -2.58. The standard InChI is InChI=1S/C16H32N2O/c1-13-11-18(12-16(2,3)19-13)15(10-17)14-8-6-4-5-7-9-14/h13-15H,4-12,17H2,1-3H3. The van der Waals surface area contributed by atoms with Crippen molar-refractivity contribution in [1.82, 2.24) is 4.90 Å². The first kappa shape index (κ1) is 15.3. The molecule has 0 radical (unpaired) electrons. The topological polar surface area (TPSA) is 38.5 Å². The fraction of sp³-hybridized carbons (Fsp3) is 1.00. The maximum atomic E-state index is 6.14. The normalized spacial score (nSPS) is 31.9.